The van der Waals surface area contributed by atoms with E-state index in [1.54, 1.807) is 16.9 Å². The molecule has 0 radical (unpaired) electrons. The Labute approximate surface area is 145 Å². The van der Waals surface area contributed by atoms with Crippen LogP contribution in [-0.4, -0.2) is 32.8 Å². The summed E-state index contributed by atoms with van der Waals surface area (Å²) in [5.41, 5.74) is 1.69. The Morgan fingerprint density at radius 1 is 1.32 bits per heavy atom. The zero-order chi connectivity index (χ0) is 18.0. The number of aromatic nitrogens is 3. The van der Waals surface area contributed by atoms with Crippen LogP contribution in [0.1, 0.15) is 37.3 Å². The maximum atomic E-state index is 11.6. The second-order valence-electron chi connectivity index (χ2n) is 6.35. The number of rotatable bonds is 4. The quantitative estimate of drug-likeness (QED) is 0.480. The van der Waals surface area contributed by atoms with E-state index in [2.05, 4.69) is 10.1 Å². The maximum absolute atomic E-state index is 11.6. The van der Waals surface area contributed by atoms with Gasteiger partial charge in [-0.25, -0.2) is 0 Å². The Bertz CT molecular complexity index is 776. The lowest BCUT2D eigenvalue weighted by Gasteiger charge is -2.26. The van der Waals surface area contributed by atoms with Crippen LogP contribution < -0.4 is 0 Å². The number of carbonyl (C=O) groups is 1. The van der Waals surface area contributed by atoms with Crippen LogP contribution >= 0.6 is 0 Å². The standard InChI is InChI=1S/C17H20N4O4/c1-11-3-8-14(18-9-11)16-15(21(23)24)10-20(19-16)13-6-4-12(5-7-13)17(22)25-2/h3,8-10,12-13H,4-7H2,1-2H3. The number of carbonyl (C=O) groups excluding carboxylic acids is 1. The molecule has 0 aliphatic heterocycles. The number of hydrogen-bond donors (Lipinski definition) is 0. The molecular formula is C17H20N4O4. The zero-order valence-corrected chi connectivity index (χ0v) is 14.2. The van der Waals surface area contributed by atoms with Gasteiger partial charge >= 0.3 is 11.7 Å². The summed E-state index contributed by atoms with van der Waals surface area (Å²) in [4.78, 5) is 26.9. The molecule has 8 nitrogen and oxygen atoms in total. The molecule has 0 spiro atoms. The molecule has 0 N–H and O–H groups in total. The smallest absolute Gasteiger partial charge is 0.316 e. The van der Waals surface area contributed by atoms with Crippen molar-refractivity contribution >= 4 is 11.7 Å². The summed E-state index contributed by atoms with van der Waals surface area (Å²) in [6, 6.07) is 3.63. The number of hydrogen-bond acceptors (Lipinski definition) is 6. The minimum absolute atomic E-state index is 0.0406. The van der Waals surface area contributed by atoms with Gasteiger partial charge in [-0.05, 0) is 44.2 Å². The minimum Gasteiger partial charge on any atom is -0.469 e. The Hall–Kier alpha value is -2.77. The van der Waals surface area contributed by atoms with Crippen LogP contribution in [0.25, 0.3) is 11.4 Å². The fourth-order valence-electron chi connectivity index (χ4n) is 3.24. The number of nitrogens with zero attached hydrogens (tertiary/aromatic N) is 4. The average molecular weight is 344 g/mol. The van der Waals surface area contributed by atoms with Gasteiger partial charge in [0.15, 0.2) is 5.69 Å². The number of methoxy groups -OCH3 is 1. The van der Waals surface area contributed by atoms with Crippen molar-refractivity contribution in [3.05, 3.63) is 40.2 Å². The summed E-state index contributed by atoms with van der Waals surface area (Å²) in [6.07, 6.45) is 6.00. The fourth-order valence-corrected chi connectivity index (χ4v) is 3.24. The van der Waals surface area contributed by atoms with E-state index < -0.39 is 4.92 Å². The van der Waals surface area contributed by atoms with E-state index in [0.29, 0.717) is 18.5 Å². The van der Waals surface area contributed by atoms with E-state index in [-0.39, 0.29) is 29.3 Å². The van der Waals surface area contributed by atoms with Crippen LogP contribution in [0.5, 0.6) is 0 Å². The van der Waals surface area contributed by atoms with Crippen LogP contribution in [0.15, 0.2) is 24.5 Å². The van der Waals surface area contributed by atoms with Gasteiger partial charge in [0.1, 0.15) is 6.20 Å². The highest BCUT2D eigenvalue weighted by atomic mass is 16.6. The van der Waals surface area contributed by atoms with Gasteiger partial charge in [0, 0.05) is 6.20 Å². The van der Waals surface area contributed by atoms with Gasteiger partial charge in [0.2, 0.25) is 0 Å². The first-order valence-electron chi connectivity index (χ1n) is 8.24. The summed E-state index contributed by atoms with van der Waals surface area (Å²) >= 11 is 0. The molecular weight excluding hydrogens is 324 g/mol. The van der Waals surface area contributed by atoms with Gasteiger partial charge in [-0.2, -0.15) is 5.10 Å². The van der Waals surface area contributed by atoms with Crippen molar-refractivity contribution < 1.29 is 14.5 Å². The van der Waals surface area contributed by atoms with E-state index in [1.807, 2.05) is 13.0 Å². The largest absolute Gasteiger partial charge is 0.469 e. The van der Waals surface area contributed by atoms with Crippen molar-refractivity contribution in [3.8, 4) is 11.4 Å². The lowest BCUT2D eigenvalue weighted by molar-refractivity contribution is -0.384. The number of ether oxygens (including phenoxy) is 1. The molecule has 132 valence electrons. The van der Waals surface area contributed by atoms with Crippen LogP contribution in [0, 0.1) is 23.0 Å². The monoisotopic (exact) mass is 344 g/mol. The van der Waals surface area contributed by atoms with E-state index in [4.69, 9.17) is 4.74 Å². The molecule has 2 heterocycles. The summed E-state index contributed by atoms with van der Waals surface area (Å²) < 4.78 is 6.45. The number of nitro groups is 1. The highest BCUT2D eigenvalue weighted by molar-refractivity contribution is 5.72. The lowest BCUT2D eigenvalue weighted by Crippen LogP contribution is -2.24. The molecule has 0 atom stereocenters. The van der Waals surface area contributed by atoms with Crippen LogP contribution in [0.3, 0.4) is 0 Å². The molecule has 0 amide bonds. The van der Waals surface area contributed by atoms with Crippen LogP contribution in [0.4, 0.5) is 5.69 Å². The predicted octanol–water partition coefficient (Wildman–Crippen LogP) is 3.07. The van der Waals surface area contributed by atoms with Gasteiger partial charge in [-0.1, -0.05) is 6.07 Å². The SMILES string of the molecule is COC(=O)C1CCC(n2cc([N+](=O)[O-])c(-c3ccc(C)cn3)n2)CC1. The first kappa shape index (κ1) is 17.1. The molecule has 0 aromatic carbocycles. The third-order valence-electron chi connectivity index (χ3n) is 4.67. The summed E-state index contributed by atoms with van der Waals surface area (Å²) in [7, 11) is 1.39. The molecule has 1 saturated carbocycles. The van der Waals surface area contributed by atoms with Crippen molar-refractivity contribution in [1.29, 1.82) is 0 Å². The van der Waals surface area contributed by atoms with Crippen molar-refractivity contribution in [1.82, 2.24) is 14.8 Å². The van der Waals surface area contributed by atoms with Crippen molar-refractivity contribution in [2.45, 2.75) is 38.6 Å². The van der Waals surface area contributed by atoms with Crippen LogP contribution in [-0.2, 0) is 9.53 Å². The molecule has 25 heavy (non-hydrogen) atoms. The van der Waals surface area contributed by atoms with Crippen LogP contribution in [0.2, 0.25) is 0 Å². The van der Waals surface area contributed by atoms with Gasteiger partial charge in [0.25, 0.3) is 0 Å². The fraction of sp³-hybridized carbons (Fsp3) is 0.471. The predicted molar refractivity (Wildman–Crippen MR) is 89.9 cm³/mol. The highest BCUT2D eigenvalue weighted by Gasteiger charge is 2.30. The lowest BCUT2D eigenvalue weighted by atomic mass is 9.86. The number of aryl methyl sites for hydroxylation is 1. The molecule has 8 heteroatoms. The van der Waals surface area contributed by atoms with Crippen molar-refractivity contribution in [3.63, 3.8) is 0 Å². The average Bonchev–Trinajstić information content (AvgIpc) is 3.07. The molecule has 2 aromatic heterocycles. The third-order valence-corrected chi connectivity index (χ3v) is 4.67. The Morgan fingerprint density at radius 2 is 2.04 bits per heavy atom. The van der Waals surface area contributed by atoms with Gasteiger partial charge < -0.3 is 4.74 Å². The molecule has 1 fully saturated rings. The first-order chi connectivity index (χ1) is 12.0. The number of esters is 1. The number of pyridine rings is 1. The van der Waals surface area contributed by atoms with Crippen molar-refractivity contribution in [2.24, 2.45) is 5.92 Å². The zero-order valence-electron chi connectivity index (χ0n) is 14.2. The second kappa shape index (κ2) is 7.00. The molecule has 0 unspecified atom stereocenters. The van der Waals surface area contributed by atoms with E-state index in [0.717, 1.165) is 18.4 Å². The molecule has 3 rings (SSSR count). The molecule has 1 aliphatic rings. The van der Waals surface area contributed by atoms with Gasteiger partial charge in [0.05, 0.1) is 29.7 Å². The summed E-state index contributed by atoms with van der Waals surface area (Å²) in [5.74, 6) is -0.278. The second-order valence-corrected chi connectivity index (χ2v) is 6.35. The first-order valence-corrected chi connectivity index (χ1v) is 8.24. The van der Waals surface area contributed by atoms with E-state index in [9.17, 15) is 14.9 Å². The van der Waals surface area contributed by atoms with E-state index in [1.165, 1.54) is 13.3 Å². The molecule has 1 aliphatic carbocycles. The third kappa shape index (κ3) is 3.52. The molecule has 0 bridgehead atoms. The summed E-state index contributed by atoms with van der Waals surface area (Å²) in [6.45, 7) is 1.91. The van der Waals surface area contributed by atoms with Crippen molar-refractivity contribution in [2.75, 3.05) is 7.11 Å². The van der Waals surface area contributed by atoms with Gasteiger partial charge in [-0.3, -0.25) is 24.6 Å². The van der Waals surface area contributed by atoms with Gasteiger partial charge in [-0.15, -0.1) is 0 Å². The van der Waals surface area contributed by atoms with E-state index >= 15 is 0 Å². The molecule has 2 aromatic rings. The Morgan fingerprint density at radius 3 is 2.60 bits per heavy atom. The highest BCUT2D eigenvalue weighted by Crippen LogP contribution is 2.35. The molecule has 0 saturated heterocycles. The Kier molecular flexibility index (Phi) is 4.78. The minimum atomic E-state index is -0.430. The Balaban J connectivity index is 1.84. The normalized spacial score (nSPS) is 20.2. The maximum Gasteiger partial charge on any atom is 0.316 e. The topological polar surface area (TPSA) is 100 Å². The summed E-state index contributed by atoms with van der Waals surface area (Å²) in [5, 5.41) is 15.8.